The fraction of sp³-hybridized carbons (Fsp3) is 0.844. The average Bonchev–Trinajstić information content (AvgIpc) is 3.24. The van der Waals surface area contributed by atoms with Crippen molar-refractivity contribution >= 4 is 39.4 Å². The van der Waals surface area contributed by atoms with E-state index in [-0.39, 0.29) is 34.7 Å². The highest BCUT2D eigenvalue weighted by Crippen LogP contribution is 2.65. The number of nitrogens with one attached hydrogen (secondary N) is 3. The number of nitrogens with two attached hydrogens (primary N) is 1. The van der Waals surface area contributed by atoms with Crippen molar-refractivity contribution in [1.82, 2.24) is 20.9 Å². The molecule has 0 radical (unpaired) electrons. The highest BCUT2D eigenvalue weighted by molar-refractivity contribution is 7.91. The third-order valence-electron chi connectivity index (χ3n) is 10.9. The Hall–Kier alpha value is -2.70. The number of sulfone groups is 1. The lowest BCUT2D eigenvalue weighted by molar-refractivity contribution is -0.145. The number of carbonyl (C=O) groups excluding carboxylic acids is 5. The highest BCUT2D eigenvalue weighted by atomic mass is 32.2. The summed E-state index contributed by atoms with van der Waals surface area (Å²) in [5.74, 6) is -2.90. The molecule has 2 unspecified atom stereocenters. The summed E-state index contributed by atoms with van der Waals surface area (Å²) in [6.07, 6.45) is 6.81. The number of likely N-dealkylation sites (tertiary alicyclic amines) is 1. The fourth-order valence-corrected chi connectivity index (χ4v) is 9.22. The molecule has 1 aliphatic heterocycles. The van der Waals surface area contributed by atoms with E-state index in [1.54, 1.807) is 6.92 Å². The van der Waals surface area contributed by atoms with Crippen molar-refractivity contribution in [1.29, 1.82) is 0 Å². The molecule has 5 amide bonds. The van der Waals surface area contributed by atoms with E-state index in [0.29, 0.717) is 25.8 Å². The van der Waals surface area contributed by atoms with Gasteiger partial charge in [-0.1, -0.05) is 80.1 Å². The predicted octanol–water partition coefficient (Wildman–Crippen LogP) is 2.05. The summed E-state index contributed by atoms with van der Waals surface area (Å²) < 4.78 is 25.2. The SMILES string of the molecule is CCS(=O)(=O)CC1(NC(=O)N[C@H](C(=O)N2CC3[C@@H]([C@H]2C(=O)NC(CC2CCC2)C(=O)C(N)=O)C3(C)C)C(C)(C)C)CCCCC1. The van der Waals surface area contributed by atoms with Gasteiger partial charge in [-0.3, -0.25) is 19.2 Å². The van der Waals surface area contributed by atoms with Gasteiger partial charge >= 0.3 is 6.03 Å². The maximum Gasteiger partial charge on any atom is 0.315 e. The number of carbonyl (C=O) groups is 5. The van der Waals surface area contributed by atoms with Crippen LogP contribution in [0.2, 0.25) is 0 Å². The first kappa shape index (κ1) is 35.2. The van der Waals surface area contributed by atoms with Crippen LogP contribution in [-0.4, -0.2) is 84.6 Å². The first-order valence-electron chi connectivity index (χ1n) is 16.6. The molecule has 4 fully saturated rings. The molecule has 1 saturated heterocycles. The third-order valence-corrected chi connectivity index (χ3v) is 12.8. The van der Waals surface area contributed by atoms with E-state index < -0.39 is 68.5 Å². The zero-order chi connectivity index (χ0) is 33.5. The van der Waals surface area contributed by atoms with Crippen molar-refractivity contribution in [3.05, 3.63) is 0 Å². The second kappa shape index (κ2) is 12.8. The average molecular weight is 652 g/mol. The molecule has 12 nitrogen and oxygen atoms in total. The van der Waals surface area contributed by atoms with Crippen LogP contribution in [0.25, 0.3) is 0 Å². The van der Waals surface area contributed by atoms with Crippen LogP contribution >= 0.6 is 0 Å². The van der Waals surface area contributed by atoms with E-state index in [1.165, 1.54) is 4.90 Å². The second-order valence-electron chi connectivity index (χ2n) is 15.6. The lowest BCUT2D eigenvalue weighted by atomic mass is 9.80. The molecular weight excluding hydrogens is 598 g/mol. The molecule has 4 aliphatic rings. The van der Waals surface area contributed by atoms with Crippen LogP contribution in [0.15, 0.2) is 0 Å². The first-order valence-corrected chi connectivity index (χ1v) is 18.4. The second-order valence-corrected chi connectivity index (χ2v) is 18.0. The predicted molar refractivity (Wildman–Crippen MR) is 169 cm³/mol. The van der Waals surface area contributed by atoms with E-state index in [9.17, 15) is 32.4 Å². The summed E-state index contributed by atoms with van der Waals surface area (Å²) in [5.41, 5.74) is 3.47. The number of piperidine rings is 1. The lowest BCUT2D eigenvalue weighted by Gasteiger charge is -2.40. The van der Waals surface area contributed by atoms with Crippen LogP contribution in [0.4, 0.5) is 4.79 Å². The quantitative estimate of drug-likeness (QED) is 0.233. The molecule has 4 rings (SSSR count). The minimum atomic E-state index is -3.38. The number of ketones is 1. The Labute approximate surface area is 267 Å². The molecule has 5 N–H and O–H groups in total. The van der Waals surface area contributed by atoms with Crippen molar-refractivity contribution in [2.24, 2.45) is 34.3 Å². The standard InChI is InChI=1S/C32H53N5O7S/c1-7-45(43,44)18-32(14-9-8-10-15-32)36-29(42)35-25(30(2,3)4)28(41)37-17-20-22(31(20,5)6)23(37)27(40)34-21(24(38)26(33)39)16-19-12-11-13-19/h19-23,25H,7-18H2,1-6H3,(H2,33,39)(H,34,40)(H2,35,36,42)/t20?,21?,22-,23-,25+/m0/s1. The molecule has 0 aromatic carbocycles. The van der Waals surface area contributed by atoms with Gasteiger partial charge in [-0.15, -0.1) is 0 Å². The fourth-order valence-electron chi connectivity index (χ4n) is 7.81. The van der Waals surface area contributed by atoms with E-state index in [4.69, 9.17) is 5.73 Å². The summed E-state index contributed by atoms with van der Waals surface area (Å²) in [5, 5.41) is 8.59. The molecule has 0 aromatic rings. The number of rotatable bonds is 12. The number of fused-ring (bicyclic) bond motifs is 1. The molecule has 3 aliphatic carbocycles. The summed E-state index contributed by atoms with van der Waals surface area (Å²) in [6.45, 7) is 11.5. The van der Waals surface area contributed by atoms with Gasteiger partial charge < -0.3 is 26.6 Å². The van der Waals surface area contributed by atoms with Crippen molar-refractivity contribution < 1.29 is 32.4 Å². The van der Waals surface area contributed by atoms with Crippen LogP contribution in [0, 0.1) is 28.6 Å². The van der Waals surface area contributed by atoms with Crippen LogP contribution in [0.5, 0.6) is 0 Å². The minimum Gasteiger partial charge on any atom is -0.363 e. The summed E-state index contributed by atoms with van der Waals surface area (Å²) in [4.78, 5) is 67.8. The maximum absolute atomic E-state index is 14.3. The molecular formula is C32H53N5O7S. The summed E-state index contributed by atoms with van der Waals surface area (Å²) >= 11 is 0. The van der Waals surface area contributed by atoms with E-state index in [1.807, 2.05) is 34.6 Å². The maximum atomic E-state index is 14.3. The Bertz CT molecular complexity index is 1300. The minimum absolute atomic E-state index is 0.0230. The molecule has 0 bridgehead atoms. The molecule has 13 heteroatoms. The smallest absolute Gasteiger partial charge is 0.315 e. The number of hydrogen-bond donors (Lipinski definition) is 4. The van der Waals surface area contributed by atoms with Crippen molar-refractivity contribution in [3.8, 4) is 0 Å². The Morgan fingerprint density at radius 3 is 2.11 bits per heavy atom. The monoisotopic (exact) mass is 651 g/mol. The number of amides is 5. The number of urea groups is 1. The molecule has 0 spiro atoms. The van der Waals surface area contributed by atoms with Gasteiger partial charge in [0.15, 0.2) is 9.84 Å². The molecule has 5 atom stereocenters. The zero-order valence-electron chi connectivity index (χ0n) is 27.7. The summed E-state index contributed by atoms with van der Waals surface area (Å²) in [7, 11) is -3.38. The van der Waals surface area contributed by atoms with Crippen LogP contribution in [0.3, 0.4) is 0 Å². The van der Waals surface area contributed by atoms with Gasteiger partial charge in [-0.25, -0.2) is 13.2 Å². The van der Waals surface area contributed by atoms with Gasteiger partial charge in [0.2, 0.25) is 17.6 Å². The molecule has 0 aromatic heterocycles. The van der Waals surface area contributed by atoms with Gasteiger partial charge in [-0.05, 0) is 47.8 Å². The Balaban J connectivity index is 1.54. The van der Waals surface area contributed by atoms with Crippen LogP contribution < -0.4 is 21.7 Å². The van der Waals surface area contributed by atoms with Gasteiger partial charge in [0.1, 0.15) is 12.1 Å². The largest absolute Gasteiger partial charge is 0.363 e. The van der Waals surface area contributed by atoms with Crippen LogP contribution in [-0.2, 0) is 29.0 Å². The first-order chi connectivity index (χ1) is 20.8. The molecule has 1 heterocycles. The number of nitrogens with zero attached hydrogens (tertiary/aromatic N) is 1. The Morgan fingerprint density at radius 1 is 0.978 bits per heavy atom. The van der Waals surface area contributed by atoms with Crippen molar-refractivity contribution in [2.45, 2.75) is 123 Å². The topological polar surface area (TPSA) is 185 Å². The third kappa shape index (κ3) is 7.65. The van der Waals surface area contributed by atoms with Crippen LogP contribution in [0.1, 0.15) is 99.3 Å². The lowest BCUT2D eigenvalue weighted by Crippen LogP contribution is -2.64. The van der Waals surface area contributed by atoms with E-state index in [2.05, 4.69) is 16.0 Å². The zero-order valence-corrected chi connectivity index (χ0v) is 28.6. The van der Waals surface area contributed by atoms with Gasteiger partial charge in [0.25, 0.3) is 5.91 Å². The Morgan fingerprint density at radius 2 is 1.60 bits per heavy atom. The van der Waals surface area contributed by atoms with E-state index >= 15 is 0 Å². The number of Topliss-reactive ketones (excluding diaryl/α,β-unsaturated/α-hetero) is 1. The number of primary amides is 1. The Kier molecular flexibility index (Phi) is 10.0. The molecule has 45 heavy (non-hydrogen) atoms. The highest BCUT2D eigenvalue weighted by Gasteiger charge is 2.70. The van der Waals surface area contributed by atoms with Gasteiger partial charge in [-0.2, -0.15) is 0 Å². The van der Waals surface area contributed by atoms with Gasteiger partial charge in [0.05, 0.1) is 17.3 Å². The summed E-state index contributed by atoms with van der Waals surface area (Å²) in [6, 6.07) is -3.56. The normalized spacial score (nSPS) is 26.9. The molecule has 254 valence electrons. The van der Waals surface area contributed by atoms with Gasteiger partial charge in [0, 0.05) is 12.3 Å². The number of hydrogen-bond acceptors (Lipinski definition) is 7. The van der Waals surface area contributed by atoms with E-state index in [0.717, 1.165) is 38.5 Å². The van der Waals surface area contributed by atoms with Crippen molar-refractivity contribution in [2.75, 3.05) is 18.1 Å². The molecule has 3 saturated carbocycles. The van der Waals surface area contributed by atoms with Crippen molar-refractivity contribution in [3.63, 3.8) is 0 Å².